The largest absolute Gasteiger partial charge is 0.481 e. The van der Waals surface area contributed by atoms with Gasteiger partial charge in [0.2, 0.25) is 5.91 Å². The lowest BCUT2D eigenvalue weighted by Crippen LogP contribution is -2.51. The summed E-state index contributed by atoms with van der Waals surface area (Å²) in [4.78, 5) is 38.0. The second-order valence-corrected chi connectivity index (χ2v) is 9.44. The molecular formula is C26H30N2O6. The number of ether oxygens (including phenoxy) is 2. The average molecular weight is 467 g/mol. The van der Waals surface area contributed by atoms with Crippen LogP contribution in [0.3, 0.4) is 0 Å². The first-order valence-corrected chi connectivity index (χ1v) is 11.5. The molecule has 2 N–H and O–H groups in total. The lowest BCUT2D eigenvalue weighted by Gasteiger charge is -2.35. The summed E-state index contributed by atoms with van der Waals surface area (Å²) >= 11 is 0. The Balaban J connectivity index is 1.32. The maximum absolute atomic E-state index is 12.8. The predicted molar refractivity (Wildman–Crippen MR) is 125 cm³/mol. The number of morpholine rings is 1. The lowest BCUT2D eigenvalue weighted by molar-refractivity contribution is -0.148. The zero-order valence-electron chi connectivity index (χ0n) is 19.5. The molecule has 0 spiro atoms. The molecule has 2 aromatic rings. The van der Waals surface area contributed by atoms with Crippen molar-refractivity contribution in [2.24, 2.45) is 0 Å². The zero-order chi connectivity index (χ0) is 24.3. The SMILES string of the molecule is CC(C)(CC(=O)N1CCOC(CC(=O)O)C1)NC(=O)OCC1c2ccccc2-c2ccccc21. The Morgan fingerprint density at radius 3 is 2.32 bits per heavy atom. The minimum Gasteiger partial charge on any atom is -0.481 e. The van der Waals surface area contributed by atoms with Crippen LogP contribution in [0.2, 0.25) is 0 Å². The van der Waals surface area contributed by atoms with Crippen molar-refractivity contribution in [1.82, 2.24) is 10.2 Å². The van der Waals surface area contributed by atoms with Crippen molar-refractivity contribution < 1.29 is 29.0 Å². The number of rotatable bonds is 7. The van der Waals surface area contributed by atoms with Crippen LogP contribution in [0.15, 0.2) is 48.5 Å². The fourth-order valence-electron chi connectivity index (χ4n) is 4.71. The van der Waals surface area contributed by atoms with E-state index in [-0.39, 0.29) is 37.8 Å². The van der Waals surface area contributed by atoms with E-state index in [2.05, 4.69) is 29.6 Å². The number of carboxylic acid groups (broad SMARTS) is 1. The van der Waals surface area contributed by atoms with Crippen molar-refractivity contribution >= 4 is 18.0 Å². The molecule has 0 bridgehead atoms. The maximum atomic E-state index is 12.8. The standard InChI is InChI=1S/C26H30N2O6/c1-26(2,14-23(29)28-11-12-33-17(15-28)13-24(30)31)27-25(32)34-16-22-20-9-5-3-7-18(20)19-8-4-6-10-21(19)22/h3-10,17,22H,11-16H2,1-2H3,(H,27,32)(H,30,31). The number of carbonyl (C=O) groups is 3. The van der Waals surface area contributed by atoms with Gasteiger partial charge in [0, 0.05) is 31.0 Å². The molecule has 1 unspecified atom stereocenters. The van der Waals surface area contributed by atoms with Crippen LogP contribution in [-0.2, 0) is 19.1 Å². The average Bonchev–Trinajstić information content (AvgIpc) is 3.10. The fourth-order valence-corrected chi connectivity index (χ4v) is 4.71. The Morgan fingerprint density at radius 2 is 1.71 bits per heavy atom. The first-order chi connectivity index (χ1) is 16.2. The summed E-state index contributed by atoms with van der Waals surface area (Å²) in [6.07, 6.45) is -1.18. The fraction of sp³-hybridized carbons (Fsp3) is 0.423. The molecule has 0 saturated carbocycles. The molecular weight excluding hydrogens is 436 g/mol. The monoisotopic (exact) mass is 466 g/mol. The third kappa shape index (κ3) is 5.39. The van der Waals surface area contributed by atoms with Gasteiger partial charge in [-0.25, -0.2) is 4.79 Å². The first-order valence-electron chi connectivity index (χ1n) is 11.5. The lowest BCUT2D eigenvalue weighted by atomic mass is 9.98. The summed E-state index contributed by atoms with van der Waals surface area (Å²) in [5.74, 6) is -1.17. The van der Waals surface area contributed by atoms with E-state index >= 15 is 0 Å². The Bertz CT molecular complexity index is 1040. The van der Waals surface area contributed by atoms with E-state index < -0.39 is 23.7 Å². The van der Waals surface area contributed by atoms with Gasteiger partial charge in [0.25, 0.3) is 0 Å². The van der Waals surface area contributed by atoms with Crippen LogP contribution in [0.5, 0.6) is 0 Å². The Hall–Kier alpha value is -3.39. The van der Waals surface area contributed by atoms with Gasteiger partial charge < -0.3 is 24.8 Å². The highest BCUT2D eigenvalue weighted by Gasteiger charge is 2.32. The van der Waals surface area contributed by atoms with Crippen molar-refractivity contribution in [3.05, 3.63) is 59.7 Å². The normalized spacial score (nSPS) is 17.6. The minimum absolute atomic E-state index is 0.0394. The Morgan fingerprint density at radius 1 is 1.09 bits per heavy atom. The van der Waals surface area contributed by atoms with Crippen LogP contribution in [0.4, 0.5) is 4.79 Å². The molecule has 4 rings (SSSR count). The molecule has 8 heteroatoms. The molecule has 2 aliphatic rings. The van der Waals surface area contributed by atoms with E-state index in [1.165, 1.54) is 0 Å². The van der Waals surface area contributed by atoms with Crippen LogP contribution in [-0.4, -0.2) is 65.9 Å². The molecule has 1 atom stereocenters. The second-order valence-electron chi connectivity index (χ2n) is 9.44. The molecule has 0 aromatic heterocycles. The van der Waals surface area contributed by atoms with Crippen LogP contribution in [0.1, 0.15) is 43.7 Å². The van der Waals surface area contributed by atoms with Crippen molar-refractivity contribution in [2.75, 3.05) is 26.3 Å². The van der Waals surface area contributed by atoms with Gasteiger partial charge in [0.15, 0.2) is 0 Å². The van der Waals surface area contributed by atoms with Gasteiger partial charge in [0.05, 0.1) is 19.1 Å². The number of amides is 2. The van der Waals surface area contributed by atoms with Gasteiger partial charge in [0.1, 0.15) is 6.61 Å². The number of nitrogens with zero attached hydrogens (tertiary/aromatic N) is 1. The number of hydrogen-bond donors (Lipinski definition) is 2. The molecule has 2 aromatic carbocycles. The summed E-state index contributed by atoms with van der Waals surface area (Å²) in [6.45, 7) is 4.65. The quantitative estimate of drug-likeness (QED) is 0.648. The summed E-state index contributed by atoms with van der Waals surface area (Å²) in [5, 5.41) is 11.8. The van der Waals surface area contributed by atoms with Gasteiger partial charge in [-0.3, -0.25) is 9.59 Å². The van der Waals surface area contributed by atoms with Crippen molar-refractivity contribution in [3.63, 3.8) is 0 Å². The van der Waals surface area contributed by atoms with Crippen LogP contribution in [0, 0.1) is 0 Å². The van der Waals surface area contributed by atoms with Crippen molar-refractivity contribution in [2.45, 2.75) is 44.2 Å². The zero-order valence-corrected chi connectivity index (χ0v) is 19.5. The summed E-state index contributed by atoms with van der Waals surface area (Å²) in [5.41, 5.74) is 3.75. The Labute approximate surface area is 198 Å². The van der Waals surface area contributed by atoms with E-state index in [0.717, 1.165) is 22.3 Å². The summed E-state index contributed by atoms with van der Waals surface area (Å²) < 4.78 is 11.0. The number of benzene rings is 2. The van der Waals surface area contributed by atoms with Gasteiger partial charge >= 0.3 is 12.1 Å². The molecule has 1 aliphatic carbocycles. The molecule has 180 valence electrons. The third-order valence-corrected chi connectivity index (χ3v) is 6.27. The third-order valence-electron chi connectivity index (χ3n) is 6.27. The highest BCUT2D eigenvalue weighted by molar-refractivity contribution is 5.80. The second kappa shape index (κ2) is 9.85. The van der Waals surface area contributed by atoms with E-state index in [9.17, 15) is 14.4 Å². The topological polar surface area (TPSA) is 105 Å². The van der Waals surface area contributed by atoms with Crippen LogP contribution in [0.25, 0.3) is 11.1 Å². The highest BCUT2D eigenvalue weighted by atomic mass is 16.5. The highest BCUT2D eigenvalue weighted by Crippen LogP contribution is 2.44. The summed E-state index contributed by atoms with van der Waals surface area (Å²) in [7, 11) is 0. The molecule has 1 saturated heterocycles. The van der Waals surface area contributed by atoms with Crippen molar-refractivity contribution in [3.8, 4) is 11.1 Å². The minimum atomic E-state index is -0.962. The number of carbonyl (C=O) groups excluding carboxylic acids is 2. The van der Waals surface area contributed by atoms with Gasteiger partial charge in [-0.05, 0) is 36.1 Å². The number of aliphatic carboxylic acids is 1. The molecule has 34 heavy (non-hydrogen) atoms. The number of carboxylic acids is 1. The van der Waals surface area contributed by atoms with Gasteiger partial charge in [-0.2, -0.15) is 0 Å². The molecule has 1 fully saturated rings. The van der Waals surface area contributed by atoms with Gasteiger partial charge in [-0.15, -0.1) is 0 Å². The smallest absolute Gasteiger partial charge is 0.407 e. The number of nitrogens with one attached hydrogen (secondary N) is 1. The van der Waals surface area contributed by atoms with Crippen LogP contribution < -0.4 is 5.32 Å². The van der Waals surface area contributed by atoms with Gasteiger partial charge in [-0.1, -0.05) is 48.5 Å². The summed E-state index contributed by atoms with van der Waals surface area (Å²) in [6, 6.07) is 16.3. The van der Waals surface area contributed by atoms with E-state index in [1.54, 1.807) is 18.7 Å². The number of hydrogen-bond acceptors (Lipinski definition) is 5. The first kappa shape index (κ1) is 23.8. The Kier molecular flexibility index (Phi) is 6.88. The number of fused-ring (bicyclic) bond motifs is 3. The molecule has 1 heterocycles. The van der Waals surface area contributed by atoms with E-state index in [0.29, 0.717) is 13.2 Å². The molecule has 0 radical (unpaired) electrons. The molecule has 2 amide bonds. The predicted octanol–water partition coefficient (Wildman–Crippen LogP) is 3.40. The molecule has 8 nitrogen and oxygen atoms in total. The number of alkyl carbamates (subject to hydrolysis) is 1. The maximum Gasteiger partial charge on any atom is 0.407 e. The van der Waals surface area contributed by atoms with Crippen LogP contribution >= 0.6 is 0 Å². The van der Waals surface area contributed by atoms with E-state index in [4.69, 9.17) is 14.6 Å². The molecule has 1 aliphatic heterocycles. The van der Waals surface area contributed by atoms with E-state index in [1.807, 2.05) is 24.3 Å². The van der Waals surface area contributed by atoms with Crippen molar-refractivity contribution in [1.29, 1.82) is 0 Å².